The predicted octanol–water partition coefficient (Wildman–Crippen LogP) is 16.7. The maximum Gasteiger partial charge on any atom is 0.139 e. The highest BCUT2D eigenvalue weighted by atomic mass is 16.3. The summed E-state index contributed by atoms with van der Waals surface area (Å²) < 4.78 is 13.2. The average molecular weight is 827 g/mol. The second-order valence-corrected chi connectivity index (χ2v) is 17.3. The summed E-state index contributed by atoms with van der Waals surface area (Å²) >= 11 is 0. The third-order valence-electron chi connectivity index (χ3n) is 12.6. The van der Waals surface area contributed by atoms with Crippen LogP contribution >= 0.6 is 0 Å². The SMILES string of the molecule is CC(C)c1ccc(N(c2ccc(C#N)cc2)c2ccc3cc4c(cc3c2)oc2cc3oc5cc6cc(N(c7ccc(C#N)cc7)c7ccc(C(C)C)cc7)ccc6cc5c3cc24)cc1. The van der Waals surface area contributed by atoms with Crippen molar-refractivity contribution >= 4 is 99.5 Å². The van der Waals surface area contributed by atoms with E-state index in [0.717, 1.165) is 99.5 Å². The van der Waals surface area contributed by atoms with Gasteiger partial charge < -0.3 is 18.6 Å². The maximum atomic E-state index is 9.50. The first-order valence-corrected chi connectivity index (χ1v) is 21.7. The first kappa shape index (κ1) is 38.6. The van der Waals surface area contributed by atoms with Gasteiger partial charge in [-0.3, -0.25) is 0 Å². The lowest BCUT2D eigenvalue weighted by Crippen LogP contribution is -2.10. The molecule has 64 heavy (non-hydrogen) atoms. The van der Waals surface area contributed by atoms with E-state index < -0.39 is 0 Å². The van der Waals surface area contributed by atoms with Crippen LogP contribution in [0, 0.1) is 22.7 Å². The van der Waals surface area contributed by atoms with Gasteiger partial charge in [-0.2, -0.15) is 10.5 Å². The largest absolute Gasteiger partial charge is 0.456 e. The number of anilines is 6. The van der Waals surface area contributed by atoms with Crippen molar-refractivity contribution < 1.29 is 8.83 Å². The maximum absolute atomic E-state index is 9.50. The molecule has 0 saturated heterocycles. The van der Waals surface area contributed by atoms with E-state index in [4.69, 9.17) is 8.83 Å². The first-order chi connectivity index (χ1) is 31.2. The predicted molar refractivity (Wildman–Crippen MR) is 263 cm³/mol. The smallest absolute Gasteiger partial charge is 0.139 e. The van der Waals surface area contributed by atoms with Gasteiger partial charge in [-0.25, -0.2) is 0 Å². The minimum Gasteiger partial charge on any atom is -0.456 e. The summed E-state index contributed by atoms with van der Waals surface area (Å²) in [7, 11) is 0. The molecule has 2 aromatic heterocycles. The molecule has 6 nitrogen and oxygen atoms in total. The number of furan rings is 2. The summed E-state index contributed by atoms with van der Waals surface area (Å²) in [5, 5.41) is 27.5. The van der Waals surface area contributed by atoms with Crippen LogP contribution < -0.4 is 9.80 Å². The minimum atomic E-state index is 0.430. The topological polar surface area (TPSA) is 80.3 Å². The fourth-order valence-corrected chi connectivity index (χ4v) is 9.07. The van der Waals surface area contributed by atoms with Crippen LogP contribution in [0.2, 0.25) is 0 Å². The van der Waals surface area contributed by atoms with E-state index in [1.807, 2.05) is 54.6 Å². The number of hydrogen-bond acceptors (Lipinski definition) is 6. The van der Waals surface area contributed by atoms with Gasteiger partial charge in [0.05, 0.1) is 23.3 Å². The Morgan fingerprint density at radius 1 is 0.344 bits per heavy atom. The van der Waals surface area contributed by atoms with Crippen molar-refractivity contribution in [2.24, 2.45) is 0 Å². The van der Waals surface area contributed by atoms with Crippen LogP contribution in [-0.2, 0) is 0 Å². The molecular formula is C58H42N4O2. The molecule has 0 aliphatic carbocycles. The number of benzene rings is 9. The molecule has 0 unspecified atom stereocenters. The van der Waals surface area contributed by atoms with Gasteiger partial charge in [0, 0.05) is 61.7 Å². The van der Waals surface area contributed by atoms with Crippen LogP contribution in [0.15, 0.2) is 179 Å². The quantitative estimate of drug-likeness (QED) is 0.152. The second kappa shape index (κ2) is 15.2. The first-order valence-electron chi connectivity index (χ1n) is 21.7. The van der Waals surface area contributed by atoms with Crippen LogP contribution in [0.1, 0.15) is 61.8 Å². The van der Waals surface area contributed by atoms with Gasteiger partial charge in [-0.05, 0) is 172 Å². The summed E-state index contributed by atoms with van der Waals surface area (Å²) in [4.78, 5) is 4.46. The molecule has 0 bridgehead atoms. The molecule has 306 valence electrons. The minimum absolute atomic E-state index is 0.430. The highest BCUT2D eigenvalue weighted by Gasteiger charge is 2.19. The number of hydrogen-bond donors (Lipinski definition) is 0. The van der Waals surface area contributed by atoms with Gasteiger partial charge in [0.25, 0.3) is 0 Å². The van der Waals surface area contributed by atoms with Gasteiger partial charge in [-0.15, -0.1) is 0 Å². The fraction of sp³-hybridized carbons (Fsp3) is 0.103. The van der Waals surface area contributed by atoms with Crippen LogP contribution in [0.4, 0.5) is 34.1 Å². The molecule has 0 saturated carbocycles. The summed E-state index contributed by atoms with van der Waals surface area (Å²) in [6, 6.07) is 63.4. The molecule has 0 spiro atoms. The van der Waals surface area contributed by atoms with Gasteiger partial charge in [0.1, 0.15) is 22.3 Å². The normalized spacial score (nSPS) is 11.7. The third kappa shape index (κ3) is 6.65. The summed E-state index contributed by atoms with van der Waals surface area (Å²) in [6.07, 6.45) is 0. The Bertz CT molecular complexity index is 3430. The average Bonchev–Trinajstić information content (AvgIpc) is 3.85. The zero-order valence-corrected chi connectivity index (χ0v) is 35.9. The van der Waals surface area contributed by atoms with E-state index in [0.29, 0.717) is 23.0 Å². The molecule has 11 rings (SSSR count). The lowest BCUT2D eigenvalue weighted by atomic mass is 10.0. The second-order valence-electron chi connectivity index (χ2n) is 17.3. The van der Waals surface area contributed by atoms with Gasteiger partial charge >= 0.3 is 0 Å². The van der Waals surface area contributed by atoms with E-state index in [-0.39, 0.29) is 0 Å². The monoisotopic (exact) mass is 826 g/mol. The Kier molecular flexibility index (Phi) is 9.19. The molecular weight excluding hydrogens is 785 g/mol. The Labute approximate surface area is 371 Å². The Morgan fingerprint density at radius 2 is 0.672 bits per heavy atom. The zero-order valence-electron chi connectivity index (χ0n) is 35.9. The Balaban J connectivity index is 0.981. The number of rotatable bonds is 8. The van der Waals surface area contributed by atoms with E-state index in [1.165, 1.54) is 11.1 Å². The molecule has 6 heteroatoms. The van der Waals surface area contributed by atoms with E-state index in [9.17, 15) is 10.5 Å². The summed E-state index contributed by atoms with van der Waals surface area (Å²) in [5.74, 6) is 0.859. The van der Waals surface area contributed by atoms with Crippen LogP contribution in [-0.4, -0.2) is 0 Å². The number of nitriles is 2. The standard InChI is InChI=1S/C58H42N4O2/c1-35(2)39-9-19-47(20-10-39)61(45-15-5-37(33-59)6-16-45)49-23-13-41-27-51-53-31-54-52-28-42-14-24-50(26-44(42)30-56(52)64-58(54)32-57(53)63-55(51)29-43(41)25-49)62(46-17-7-38(34-60)8-18-46)48-21-11-40(12-22-48)36(3)4/h5-32,35-36H,1-4H3. The van der Waals surface area contributed by atoms with Crippen molar-refractivity contribution in [3.8, 4) is 12.1 Å². The molecule has 0 radical (unpaired) electrons. The van der Waals surface area contributed by atoms with Crippen LogP contribution in [0.5, 0.6) is 0 Å². The van der Waals surface area contributed by atoms with E-state index >= 15 is 0 Å². The molecule has 0 amide bonds. The van der Waals surface area contributed by atoms with Crippen LogP contribution in [0.25, 0.3) is 65.4 Å². The Hall–Kier alpha value is -8.32. The molecule has 0 aliphatic heterocycles. The molecule has 0 fully saturated rings. The molecule has 0 N–H and O–H groups in total. The van der Waals surface area contributed by atoms with E-state index in [1.54, 1.807) is 0 Å². The Morgan fingerprint density at radius 3 is 1.03 bits per heavy atom. The van der Waals surface area contributed by atoms with Gasteiger partial charge in [0.2, 0.25) is 0 Å². The molecule has 2 heterocycles. The summed E-state index contributed by atoms with van der Waals surface area (Å²) in [6.45, 7) is 8.81. The van der Waals surface area contributed by atoms with Crippen molar-refractivity contribution in [3.05, 3.63) is 192 Å². The van der Waals surface area contributed by atoms with Crippen molar-refractivity contribution in [3.63, 3.8) is 0 Å². The molecule has 0 atom stereocenters. The fourth-order valence-electron chi connectivity index (χ4n) is 9.07. The highest BCUT2D eigenvalue weighted by Crippen LogP contribution is 2.43. The molecule has 0 aliphatic rings. The van der Waals surface area contributed by atoms with Crippen molar-refractivity contribution in [2.75, 3.05) is 9.80 Å². The van der Waals surface area contributed by atoms with Crippen molar-refractivity contribution in [1.29, 1.82) is 10.5 Å². The third-order valence-corrected chi connectivity index (χ3v) is 12.6. The summed E-state index contributed by atoms with van der Waals surface area (Å²) in [5.41, 5.74) is 13.0. The zero-order chi connectivity index (χ0) is 43.6. The molecule has 9 aromatic carbocycles. The lowest BCUT2D eigenvalue weighted by molar-refractivity contribution is 0.656. The lowest BCUT2D eigenvalue weighted by Gasteiger charge is -2.26. The molecule has 11 aromatic rings. The van der Waals surface area contributed by atoms with E-state index in [2.05, 4.69) is 165 Å². The number of fused-ring (bicyclic) bond motifs is 8. The van der Waals surface area contributed by atoms with Crippen molar-refractivity contribution in [1.82, 2.24) is 0 Å². The van der Waals surface area contributed by atoms with Crippen molar-refractivity contribution in [2.45, 2.75) is 39.5 Å². The van der Waals surface area contributed by atoms with Crippen LogP contribution in [0.3, 0.4) is 0 Å². The highest BCUT2D eigenvalue weighted by molar-refractivity contribution is 6.18. The number of nitrogens with zero attached hydrogens (tertiary/aromatic N) is 4. The van der Waals surface area contributed by atoms with Gasteiger partial charge in [-0.1, -0.05) is 64.1 Å². The van der Waals surface area contributed by atoms with Gasteiger partial charge in [0.15, 0.2) is 0 Å².